The number of benzene rings is 1. The standard InChI is InChI=1S/C11H13ClN2O2/c1-13-4-3-7-5-8(12)6-9-10(7)16-11(15)14(9)2/h5-6,13H,3-4H2,1-2H3. The predicted molar refractivity (Wildman–Crippen MR) is 64.1 cm³/mol. The van der Waals surface area contributed by atoms with E-state index in [-0.39, 0.29) is 5.76 Å². The number of aromatic nitrogens is 1. The second-order valence-corrected chi connectivity index (χ2v) is 4.13. The fourth-order valence-electron chi connectivity index (χ4n) is 1.70. The van der Waals surface area contributed by atoms with E-state index in [1.54, 1.807) is 13.1 Å². The third-order valence-electron chi connectivity index (χ3n) is 2.58. The van der Waals surface area contributed by atoms with Gasteiger partial charge in [-0.25, -0.2) is 4.79 Å². The Morgan fingerprint density at radius 3 is 2.94 bits per heavy atom. The summed E-state index contributed by atoms with van der Waals surface area (Å²) in [5, 5.41) is 3.67. The van der Waals surface area contributed by atoms with Crippen LogP contribution in [-0.2, 0) is 13.5 Å². The number of halogens is 1. The molecule has 86 valence electrons. The number of aryl methyl sites for hydroxylation is 1. The minimum absolute atomic E-state index is 0.358. The molecule has 0 atom stereocenters. The van der Waals surface area contributed by atoms with E-state index in [1.807, 2.05) is 13.1 Å². The molecule has 0 spiro atoms. The van der Waals surface area contributed by atoms with Crippen molar-refractivity contribution in [3.05, 3.63) is 33.3 Å². The monoisotopic (exact) mass is 240 g/mol. The molecule has 1 N–H and O–H groups in total. The number of oxazole rings is 1. The van der Waals surface area contributed by atoms with E-state index in [1.165, 1.54) is 4.57 Å². The molecule has 5 heteroatoms. The van der Waals surface area contributed by atoms with Crippen molar-refractivity contribution in [3.8, 4) is 0 Å². The Bertz CT molecular complexity index is 571. The lowest BCUT2D eigenvalue weighted by Gasteiger charge is -2.02. The molecule has 0 unspecified atom stereocenters. The average molecular weight is 241 g/mol. The van der Waals surface area contributed by atoms with Gasteiger partial charge in [-0.1, -0.05) is 11.6 Å². The third-order valence-corrected chi connectivity index (χ3v) is 2.80. The van der Waals surface area contributed by atoms with Gasteiger partial charge in [-0.2, -0.15) is 0 Å². The Labute approximate surface area is 97.8 Å². The summed E-state index contributed by atoms with van der Waals surface area (Å²) in [6, 6.07) is 3.58. The molecule has 0 fully saturated rings. The fraction of sp³-hybridized carbons (Fsp3) is 0.364. The summed E-state index contributed by atoms with van der Waals surface area (Å²) in [6.45, 7) is 0.814. The summed E-state index contributed by atoms with van der Waals surface area (Å²) < 4.78 is 6.67. The van der Waals surface area contributed by atoms with Crippen molar-refractivity contribution in [2.45, 2.75) is 6.42 Å². The van der Waals surface area contributed by atoms with Crippen LogP contribution in [0.25, 0.3) is 11.1 Å². The summed E-state index contributed by atoms with van der Waals surface area (Å²) in [6.07, 6.45) is 0.778. The first kappa shape index (κ1) is 11.2. The van der Waals surface area contributed by atoms with Gasteiger partial charge >= 0.3 is 5.76 Å². The Kier molecular flexibility index (Phi) is 3.03. The van der Waals surface area contributed by atoms with Gasteiger partial charge in [0.2, 0.25) is 0 Å². The maximum atomic E-state index is 11.4. The van der Waals surface area contributed by atoms with Crippen LogP contribution < -0.4 is 11.1 Å². The van der Waals surface area contributed by atoms with Crippen molar-refractivity contribution in [1.82, 2.24) is 9.88 Å². The number of hydrogen-bond donors (Lipinski definition) is 1. The molecular formula is C11H13ClN2O2. The van der Waals surface area contributed by atoms with Crippen LogP contribution >= 0.6 is 11.6 Å². The van der Waals surface area contributed by atoms with E-state index in [9.17, 15) is 4.79 Å². The lowest BCUT2D eigenvalue weighted by Crippen LogP contribution is -2.10. The van der Waals surface area contributed by atoms with E-state index in [2.05, 4.69) is 5.32 Å². The van der Waals surface area contributed by atoms with Crippen LogP contribution in [0.3, 0.4) is 0 Å². The highest BCUT2D eigenvalue weighted by atomic mass is 35.5. The maximum absolute atomic E-state index is 11.4. The first-order valence-corrected chi connectivity index (χ1v) is 5.44. The summed E-state index contributed by atoms with van der Waals surface area (Å²) >= 11 is 6.01. The molecule has 0 aliphatic rings. The van der Waals surface area contributed by atoms with Gasteiger partial charge in [0.15, 0.2) is 5.58 Å². The smallest absolute Gasteiger partial charge is 0.407 e. The molecule has 16 heavy (non-hydrogen) atoms. The lowest BCUT2D eigenvalue weighted by molar-refractivity contribution is 0.525. The molecule has 2 rings (SSSR count). The van der Waals surface area contributed by atoms with Gasteiger partial charge in [-0.3, -0.25) is 4.57 Å². The Morgan fingerprint density at radius 1 is 1.50 bits per heavy atom. The van der Waals surface area contributed by atoms with E-state index in [0.717, 1.165) is 24.0 Å². The largest absolute Gasteiger partial charge is 0.419 e. The molecule has 0 saturated carbocycles. The number of nitrogens with one attached hydrogen (secondary N) is 1. The topological polar surface area (TPSA) is 47.2 Å². The zero-order valence-electron chi connectivity index (χ0n) is 9.21. The highest BCUT2D eigenvalue weighted by Gasteiger charge is 2.11. The van der Waals surface area contributed by atoms with E-state index >= 15 is 0 Å². The van der Waals surface area contributed by atoms with E-state index in [0.29, 0.717) is 10.6 Å². The normalized spacial score (nSPS) is 11.2. The highest BCUT2D eigenvalue weighted by Crippen LogP contribution is 2.23. The zero-order chi connectivity index (χ0) is 11.7. The molecule has 0 aliphatic carbocycles. The van der Waals surface area contributed by atoms with Crippen LogP contribution in [0.5, 0.6) is 0 Å². The van der Waals surface area contributed by atoms with Gasteiger partial charge in [0.25, 0.3) is 0 Å². The van der Waals surface area contributed by atoms with Crippen molar-refractivity contribution in [1.29, 1.82) is 0 Å². The van der Waals surface area contributed by atoms with Gasteiger partial charge in [0.05, 0.1) is 5.52 Å². The van der Waals surface area contributed by atoms with Crippen LogP contribution in [0, 0.1) is 0 Å². The van der Waals surface area contributed by atoms with Crippen molar-refractivity contribution >= 4 is 22.7 Å². The van der Waals surface area contributed by atoms with E-state index in [4.69, 9.17) is 16.0 Å². The molecule has 1 aromatic heterocycles. The molecule has 4 nitrogen and oxygen atoms in total. The summed E-state index contributed by atoms with van der Waals surface area (Å²) in [5.41, 5.74) is 2.32. The number of fused-ring (bicyclic) bond motifs is 1. The minimum atomic E-state index is -0.358. The molecule has 0 saturated heterocycles. The Balaban J connectivity index is 2.63. The van der Waals surface area contributed by atoms with Gasteiger partial charge in [0, 0.05) is 12.1 Å². The SMILES string of the molecule is CNCCc1cc(Cl)cc2c1oc(=O)n2C. The van der Waals surface area contributed by atoms with Crippen LogP contribution in [0.2, 0.25) is 5.02 Å². The van der Waals surface area contributed by atoms with Crippen molar-refractivity contribution < 1.29 is 4.42 Å². The Morgan fingerprint density at radius 2 is 2.25 bits per heavy atom. The first-order chi connectivity index (χ1) is 7.63. The molecule has 0 amide bonds. The maximum Gasteiger partial charge on any atom is 0.419 e. The highest BCUT2D eigenvalue weighted by molar-refractivity contribution is 6.31. The summed E-state index contributed by atoms with van der Waals surface area (Å²) in [7, 11) is 3.55. The molecule has 0 bridgehead atoms. The fourth-order valence-corrected chi connectivity index (χ4v) is 1.94. The van der Waals surface area contributed by atoms with Crippen molar-refractivity contribution in [3.63, 3.8) is 0 Å². The second-order valence-electron chi connectivity index (χ2n) is 3.69. The number of rotatable bonds is 3. The second kappa shape index (κ2) is 4.31. The van der Waals surface area contributed by atoms with Crippen LogP contribution in [0.15, 0.2) is 21.3 Å². The van der Waals surface area contributed by atoms with Gasteiger partial charge in [-0.05, 0) is 37.7 Å². The van der Waals surface area contributed by atoms with Crippen LogP contribution in [-0.4, -0.2) is 18.2 Å². The number of likely N-dealkylation sites (N-methyl/N-ethyl adjacent to an activating group) is 1. The quantitative estimate of drug-likeness (QED) is 0.886. The van der Waals surface area contributed by atoms with Crippen molar-refractivity contribution in [2.75, 3.05) is 13.6 Å². The summed E-state index contributed by atoms with van der Waals surface area (Å²) in [5.74, 6) is -0.358. The Hall–Kier alpha value is -1.26. The van der Waals surface area contributed by atoms with Gasteiger partial charge in [-0.15, -0.1) is 0 Å². The molecule has 1 heterocycles. The number of hydrogen-bond acceptors (Lipinski definition) is 3. The summed E-state index contributed by atoms with van der Waals surface area (Å²) in [4.78, 5) is 11.4. The third kappa shape index (κ3) is 1.86. The molecule has 0 aliphatic heterocycles. The molecule has 2 aromatic rings. The van der Waals surface area contributed by atoms with Crippen molar-refractivity contribution in [2.24, 2.45) is 7.05 Å². The van der Waals surface area contributed by atoms with Gasteiger partial charge in [0.1, 0.15) is 0 Å². The molecule has 1 aromatic carbocycles. The predicted octanol–water partition coefficient (Wildman–Crippen LogP) is 1.55. The van der Waals surface area contributed by atoms with Crippen LogP contribution in [0.4, 0.5) is 0 Å². The zero-order valence-corrected chi connectivity index (χ0v) is 9.97. The number of nitrogens with zero attached hydrogens (tertiary/aromatic N) is 1. The minimum Gasteiger partial charge on any atom is -0.407 e. The average Bonchev–Trinajstić information content (AvgIpc) is 2.53. The van der Waals surface area contributed by atoms with E-state index < -0.39 is 0 Å². The molecule has 0 radical (unpaired) electrons. The molecular weight excluding hydrogens is 228 g/mol. The van der Waals surface area contributed by atoms with Gasteiger partial charge < -0.3 is 9.73 Å². The first-order valence-electron chi connectivity index (χ1n) is 5.06. The lowest BCUT2D eigenvalue weighted by atomic mass is 10.1. The van der Waals surface area contributed by atoms with Crippen LogP contribution in [0.1, 0.15) is 5.56 Å².